The van der Waals surface area contributed by atoms with E-state index in [2.05, 4.69) is 15.5 Å². The number of rotatable bonds is 8. The molecule has 1 aromatic heterocycles. The van der Waals surface area contributed by atoms with E-state index in [1.54, 1.807) is 6.07 Å². The molecule has 3 amide bonds. The lowest BCUT2D eigenvalue weighted by Gasteiger charge is -2.19. The third kappa shape index (κ3) is 5.41. The Bertz CT molecular complexity index is 1100. The Kier molecular flexibility index (Phi) is 7.76. The molecule has 0 spiro atoms. The number of nitrogens with one attached hydrogen (secondary N) is 1. The summed E-state index contributed by atoms with van der Waals surface area (Å²) in [6, 6.07) is 13.9. The maximum absolute atomic E-state index is 12.6. The minimum Gasteiger partial charge on any atom is -0.494 e. The summed E-state index contributed by atoms with van der Waals surface area (Å²) in [6.45, 7) is 6.24. The number of imide groups is 1. The Morgan fingerprint density at radius 3 is 2.44 bits per heavy atom. The molecule has 3 N–H and O–H groups in total. The second-order valence-corrected chi connectivity index (χ2v) is 8.70. The highest BCUT2D eigenvalue weighted by Crippen LogP contribution is 2.35. The summed E-state index contributed by atoms with van der Waals surface area (Å²) in [5.74, 6) is 0.672. The van der Waals surface area contributed by atoms with Gasteiger partial charge in [0.1, 0.15) is 5.75 Å². The van der Waals surface area contributed by atoms with E-state index < -0.39 is 17.2 Å². The van der Waals surface area contributed by atoms with Crippen molar-refractivity contribution in [2.75, 3.05) is 6.61 Å². The third-order valence-electron chi connectivity index (χ3n) is 4.50. The van der Waals surface area contributed by atoms with E-state index >= 15 is 0 Å². The molecule has 1 unspecified atom stereocenters. The van der Waals surface area contributed by atoms with Gasteiger partial charge in [-0.3, -0.25) is 14.7 Å². The molecule has 1 heterocycles. The van der Waals surface area contributed by atoms with Crippen molar-refractivity contribution in [2.24, 2.45) is 11.7 Å². The predicted molar refractivity (Wildman–Crippen MR) is 125 cm³/mol. The number of thioether (sulfide) groups is 1. The molecule has 168 valence electrons. The zero-order chi connectivity index (χ0) is 23.3. The Labute approximate surface area is 195 Å². The van der Waals surface area contributed by atoms with Crippen LogP contribution in [0.1, 0.15) is 20.8 Å². The molecular formula is C22H24ClN5O3S. The van der Waals surface area contributed by atoms with Crippen LogP contribution in [0.15, 0.2) is 53.7 Å². The molecule has 8 nitrogen and oxygen atoms in total. The van der Waals surface area contributed by atoms with Crippen molar-refractivity contribution in [3.63, 3.8) is 0 Å². The van der Waals surface area contributed by atoms with Gasteiger partial charge >= 0.3 is 6.03 Å². The van der Waals surface area contributed by atoms with E-state index in [0.29, 0.717) is 28.2 Å². The molecule has 0 saturated heterocycles. The Balaban J connectivity index is 2.09. The van der Waals surface area contributed by atoms with E-state index in [1.807, 2.05) is 67.8 Å². The Morgan fingerprint density at radius 2 is 1.84 bits per heavy atom. The number of carbonyl (C=O) groups excluding carboxylic acids is 2. The van der Waals surface area contributed by atoms with Crippen molar-refractivity contribution in [1.82, 2.24) is 20.1 Å². The number of hydrogen-bond acceptors (Lipinski definition) is 6. The fourth-order valence-corrected chi connectivity index (χ4v) is 4.32. The standard InChI is InChI=1S/C22H24ClN5O3S/c1-4-31-15-11-9-14(10-12-15)28-19(16-7-5-6-8-17(16)23)26-27-22(28)32-18(13(2)3)20(29)25-21(24)30/h5-13,18H,4H2,1-3H3,(H3,24,25,29,30). The van der Waals surface area contributed by atoms with Crippen molar-refractivity contribution in [2.45, 2.75) is 31.2 Å². The minimum absolute atomic E-state index is 0.103. The number of amides is 3. The number of ether oxygens (including phenoxy) is 1. The minimum atomic E-state index is -0.897. The molecule has 0 fully saturated rings. The normalized spacial score (nSPS) is 11.9. The Morgan fingerprint density at radius 1 is 1.16 bits per heavy atom. The van der Waals surface area contributed by atoms with Crippen LogP contribution in [-0.4, -0.2) is 38.6 Å². The van der Waals surface area contributed by atoms with Gasteiger partial charge in [-0.25, -0.2) is 4.79 Å². The number of nitrogens with two attached hydrogens (primary N) is 1. The number of urea groups is 1. The van der Waals surface area contributed by atoms with Crippen molar-refractivity contribution in [3.05, 3.63) is 53.6 Å². The highest BCUT2D eigenvalue weighted by molar-refractivity contribution is 8.00. The first-order valence-corrected chi connectivity index (χ1v) is 11.3. The van der Waals surface area contributed by atoms with Gasteiger partial charge in [0.2, 0.25) is 5.91 Å². The topological polar surface area (TPSA) is 112 Å². The third-order valence-corrected chi connectivity index (χ3v) is 6.31. The molecule has 0 radical (unpaired) electrons. The number of nitrogens with zero attached hydrogens (tertiary/aromatic N) is 3. The number of halogens is 1. The number of benzene rings is 2. The molecule has 0 saturated carbocycles. The molecule has 0 aliphatic rings. The van der Waals surface area contributed by atoms with Gasteiger partial charge in [-0.2, -0.15) is 0 Å². The maximum atomic E-state index is 12.6. The lowest BCUT2D eigenvalue weighted by atomic mass is 10.1. The molecule has 3 aromatic rings. The summed E-state index contributed by atoms with van der Waals surface area (Å²) in [4.78, 5) is 23.8. The van der Waals surface area contributed by atoms with Crippen molar-refractivity contribution < 1.29 is 14.3 Å². The number of primary amides is 1. The summed E-state index contributed by atoms with van der Waals surface area (Å²) in [5, 5.41) is 11.2. The highest BCUT2D eigenvalue weighted by atomic mass is 35.5. The van der Waals surface area contributed by atoms with E-state index in [4.69, 9.17) is 22.1 Å². The molecular weight excluding hydrogens is 450 g/mol. The predicted octanol–water partition coefficient (Wildman–Crippen LogP) is 4.30. The number of carbonyl (C=O) groups is 2. The second-order valence-electron chi connectivity index (χ2n) is 7.18. The monoisotopic (exact) mass is 473 g/mol. The second kappa shape index (κ2) is 10.5. The van der Waals surface area contributed by atoms with Gasteiger partial charge in [0.05, 0.1) is 16.9 Å². The smallest absolute Gasteiger partial charge is 0.318 e. The van der Waals surface area contributed by atoms with Crippen LogP contribution in [0, 0.1) is 5.92 Å². The van der Waals surface area contributed by atoms with Crippen LogP contribution >= 0.6 is 23.4 Å². The van der Waals surface area contributed by atoms with Crippen molar-refractivity contribution in [1.29, 1.82) is 0 Å². The molecule has 0 aliphatic carbocycles. The van der Waals surface area contributed by atoms with Gasteiger partial charge in [0.25, 0.3) is 0 Å². The molecule has 3 rings (SSSR count). The van der Waals surface area contributed by atoms with E-state index in [9.17, 15) is 9.59 Å². The van der Waals surface area contributed by atoms with Crippen molar-refractivity contribution >= 4 is 35.3 Å². The summed E-state index contributed by atoms with van der Waals surface area (Å²) in [7, 11) is 0. The molecule has 0 bridgehead atoms. The quantitative estimate of drug-likeness (QED) is 0.472. The molecule has 0 aliphatic heterocycles. The number of hydrogen-bond donors (Lipinski definition) is 2. The van der Waals surface area contributed by atoms with Gasteiger partial charge in [0.15, 0.2) is 11.0 Å². The summed E-state index contributed by atoms with van der Waals surface area (Å²) < 4.78 is 7.37. The summed E-state index contributed by atoms with van der Waals surface area (Å²) in [5.41, 5.74) is 6.61. The van der Waals surface area contributed by atoms with Crippen LogP contribution < -0.4 is 15.8 Å². The first kappa shape index (κ1) is 23.6. The molecule has 10 heteroatoms. The van der Waals surface area contributed by atoms with Crippen molar-refractivity contribution in [3.8, 4) is 22.8 Å². The number of aromatic nitrogens is 3. The largest absolute Gasteiger partial charge is 0.494 e. The first-order chi connectivity index (χ1) is 15.3. The average Bonchev–Trinajstić information content (AvgIpc) is 3.15. The van der Waals surface area contributed by atoms with Gasteiger partial charge in [0, 0.05) is 11.3 Å². The van der Waals surface area contributed by atoms with Gasteiger partial charge in [-0.15, -0.1) is 10.2 Å². The average molecular weight is 474 g/mol. The van der Waals surface area contributed by atoms with Crippen LogP contribution in [0.25, 0.3) is 17.1 Å². The fraction of sp³-hybridized carbons (Fsp3) is 0.273. The summed E-state index contributed by atoms with van der Waals surface area (Å²) >= 11 is 7.63. The van der Waals surface area contributed by atoms with Gasteiger partial charge in [-0.1, -0.05) is 49.3 Å². The van der Waals surface area contributed by atoms with Crippen LogP contribution in [0.2, 0.25) is 5.02 Å². The fourth-order valence-electron chi connectivity index (χ4n) is 3.05. The van der Waals surface area contributed by atoms with E-state index in [-0.39, 0.29) is 5.92 Å². The SMILES string of the molecule is CCOc1ccc(-n2c(SC(C(=O)NC(N)=O)C(C)C)nnc2-c2ccccc2Cl)cc1. The van der Waals surface area contributed by atoms with E-state index in [1.165, 1.54) is 11.8 Å². The first-order valence-electron chi connectivity index (χ1n) is 10.0. The zero-order valence-corrected chi connectivity index (χ0v) is 19.5. The van der Waals surface area contributed by atoms with E-state index in [0.717, 1.165) is 11.4 Å². The maximum Gasteiger partial charge on any atom is 0.318 e. The van der Waals surface area contributed by atoms with Crippen LogP contribution in [0.3, 0.4) is 0 Å². The van der Waals surface area contributed by atoms with Crippen LogP contribution in [0.4, 0.5) is 4.79 Å². The lowest BCUT2D eigenvalue weighted by molar-refractivity contribution is -0.120. The van der Waals surface area contributed by atoms with Crippen LogP contribution in [0.5, 0.6) is 5.75 Å². The van der Waals surface area contributed by atoms with Crippen LogP contribution in [-0.2, 0) is 4.79 Å². The summed E-state index contributed by atoms with van der Waals surface area (Å²) in [6.07, 6.45) is 0. The lowest BCUT2D eigenvalue weighted by Crippen LogP contribution is -2.42. The zero-order valence-electron chi connectivity index (χ0n) is 17.9. The highest BCUT2D eigenvalue weighted by Gasteiger charge is 2.28. The molecule has 32 heavy (non-hydrogen) atoms. The van der Waals surface area contributed by atoms with Gasteiger partial charge < -0.3 is 10.5 Å². The molecule has 2 aromatic carbocycles. The molecule has 1 atom stereocenters. The van der Waals surface area contributed by atoms with Gasteiger partial charge in [-0.05, 0) is 49.2 Å². The Hall–Kier alpha value is -3.04.